The second-order valence-electron chi connectivity index (χ2n) is 4.68. The Kier molecular flexibility index (Phi) is 3.46. The van der Waals surface area contributed by atoms with Crippen LogP contribution in [0.3, 0.4) is 0 Å². The monoisotopic (exact) mass is 303 g/mol. The summed E-state index contributed by atoms with van der Waals surface area (Å²) in [4.78, 5) is 24.2. The van der Waals surface area contributed by atoms with Gasteiger partial charge in [-0.05, 0) is 17.7 Å². The molecule has 0 saturated heterocycles. The van der Waals surface area contributed by atoms with Gasteiger partial charge in [0, 0.05) is 0 Å². The molecule has 3 rings (SSSR count). The predicted molar refractivity (Wildman–Crippen MR) is 76.1 cm³/mol. The fourth-order valence-corrected chi connectivity index (χ4v) is 2.17. The third-order valence-electron chi connectivity index (χ3n) is 3.22. The van der Waals surface area contributed by atoms with Crippen LogP contribution < -0.4 is 11.4 Å². The standard InChI is InChI=1S/C15H11F2N3O2/c16-11-7-4-8-12(17)13(11)20-15(22)19(14(21)18-20)9-10-5-2-1-3-6-10/h1-8H,9H2,(H,18,21). The van der Waals surface area contributed by atoms with Gasteiger partial charge in [-0.25, -0.2) is 28.0 Å². The van der Waals surface area contributed by atoms with Crippen molar-refractivity contribution in [1.29, 1.82) is 0 Å². The third kappa shape index (κ3) is 2.37. The highest BCUT2D eigenvalue weighted by Gasteiger charge is 2.17. The largest absolute Gasteiger partial charge is 0.352 e. The van der Waals surface area contributed by atoms with Gasteiger partial charge in [-0.1, -0.05) is 36.4 Å². The molecular weight excluding hydrogens is 292 g/mol. The van der Waals surface area contributed by atoms with E-state index in [0.717, 1.165) is 22.3 Å². The molecule has 1 aromatic heterocycles. The highest BCUT2D eigenvalue weighted by molar-refractivity contribution is 5.33. The van der Waals surface area contributed by atoms with Crippen LogP contribution in [0.2, 0.25) is 0 Å². The minimum Gasteiger partial charge on any atom is -0.246 e. The molecule has 3 aromatic rings. The first kappa shape index (κ1) is 14.0. The number of para-hydroxylation sites is 1. The van der Waals surface area contributed by atoms with E-state index < -0.39 is 28.7 Å². The lowest BCUT2D eigenvalue weighted by molar-refractivity contribution is 0.554. The van der Waals surface area contributed by atoms with Crippen LogP contribution in [0, 0.1) is 11.6 Å². The van der Waals surface area contributed by atoms with Crippen molar-refractivity contribution in [3.8, 4) is 5.69 Å². The molecule has 0 fully saturated rings. The quantitative estimate of drug-likeness (QED) is 0.800. The summed E-state index contributed by atoms with van der Waals surface area (Å²) in [5.74, 6) is -1.87. The second kappa shape index (κ2) is 5.44. The Hall–Kier alpha value is -2.96. The number of nitrogens with one attached hydrogen (secondary N) is 1. The van der Waals surface area contributed by atoms with Crippen molar-refractivity contribution >= 4 is 0 Å². The maximum Gasteiger partial charge on any atom is 0.352 e. The maximum absolute atomic E-state index is 13.8. The molecule has 22 heavy (non-hydrogen) atoms. The number of H-pyrrole nitrogens is 1. The smallest absolute Gasteiger partial charge is 0.246 e. The Morgan fingerprint density at radius 2 is 1.55 bits per heavy atom. The van der Waals surface area contributed by atoms with Crippen LogP contribution in [0.15, 0.2) is 58.1 Å². The zero-order valence-electron chi connectivity index (χ0n) is 11.3. The molecule has 1 heterocycles. The first-order chi connectivity index (χ1) is 10.6. The van der Waals surface area contributed by atoms with E-state index >= 15 is 0 Å². The fourth-order valence-electron chi connectivity index (χ4n) is 2.17. The van der Waals surface area contributed by atoms with Crippen molar-refractivity contribution in [3.05, 3.63) is 86.7 Å². The van der Waals surface area contributed by atoms with Gasteiger partial charge in [0.1, 0.15) is 5.69 Å². The topological polar surface area (TPSA) is 59.8 Å². The van der Waals surface area contributed by atoms with Crippen molar-refractivity contribution in [2.75, 3.05) is 0 Å². The summed E-state index contributed by atoms with van der Waals surface area (Å²) in [6.07, 6.45) is 0. The van der Waals surface area contributed by atoms with Crippen LogP contribution in [0.25, 0.3) is 5.69 Å². The number of benzene rings is 2. The molecule has 0 saturated carbocycles. The number of hydrogen-bond donors (Lipinski definition) is 1. The summed E-state index contributed by atoms with van der Waals surface area (Å²) in [5.41, 5.74) is -1.45. The number of halogens is 2. The van der Waals surface area contributed by atoms with E-state index in [9.17, 15) is 18.4 Å². The number of aromatic amines is 1. The molecular formula is C15H11F2N3O2. The average Bonchev–Trinajstić information content (AvgIpc) is 2.76. The van der Waals surface area contributed by atoms with E-state index in [2.05, 4.69) is 5.10 Å². The maximum atomic E-state index is 13.8. The molecule has 0 amide bonds. The fraction of sp³-hybridized carbons (Fsp3) is 0.0667. The molecule has 0 unspecified atom stereocenters. The summed E-state index contributed by atoms with van der Waals surface area (Å²) >= 11 is 0. The van der Waals surface area contributed by atoms with Crippen molar-refractivity contribution in [1.82, 2.24) is 14.3 Å². The molecule has 0 radical (unpaired) electrons. The van der Waals surface area contributed by atoms with Gasteiger partial charge < -0.3 is 0 Å². The molecule has 7 heteroatoms. The Balaban J connectivity index is 2.12. The van der Waals surface area contributed by atoms with Gasteiger partial charge >= 0.3 is 11.4 Å². The van der Waals surface area contributed by atoms with Crippen LogP contribution >= 0.6 is 0 Å². The SMILES string of the molecule is O=c1[nH]n(-c2c(F)cccc2F)c(=O)n1Cc1ccccc1. The number of nitrogens with zero attached hydrogens (tertiary/aromatic N) is 2. The summed E-state index contributed by atoms with van der Waals surface area (Å²) in [6, 6.07) is 12.0. The summed E-state index contributed by atoms with van der Waals surface area (Å²) < 4.78 is 29.0. The Labute approximate surface area is 123 Å². The second-order valence-corrected chi connectivity index (χ2v) is 4.68. The molecule has 0 atom stereocenters. The molecule has 112 valence electrons. The summed E-state index contributed by atoms with van der Waals surface area (Å²) in [5, 5.41) is 2.16. The van der Waals surface area contributed by atoms with E-state index in [0.29, 0.717) is 4.68 Å². The minimum atomic E-state index is -0.935. The summed E-state index contributed by atoms with van der Waals surface area (Å²) in [7, 11) is 0. The average molecular weight is 303 g/mol. The lowest BCUT2D eigenvalue weighted by atomic mass is 10.2. The molecule has 0 aliphatic heterocycles. The summed E-state index contributed by atoms with van der Waals surface area (Å²) in [6.45, 7) is 0.0120. The molecule has 2 aromatic carbocycles. The van der Waals surface area contributed by atoms with Crippen molar-refractivity contribution < 1.29 is 8.78 Å². The van der Waals surface area contributed by atoms with Crippen LogP contribution in [0.4, 0.5) is 8.78 Å². The zero-order chi connectivity index (χ0) is 15.7. The van der Waals surface area contributed by atoms with E-state index in [1.165, 1.54) is 6.07 Å². The molecule has 5 nitrogen and oxygen atoms in total. The molecule has 0 spiro atoms. The van der Waals surface area contributed by atoms with Crippen molar-refractivity contribution in [2.24, 2.45) is 0 Å². The lowest BCUT2D eigenvalue weighted by Gasteiger charge is -2.03. The van der Waals surface area contributed by atoms with E-state index in [1.807, 2.05) is 0 Å². The van der Waals surface area contributed by atoms with Gasteiger partial charge in [0.25, 0.3) is 0 Å². The first-order valence-corrected chi connectivity index (χ1v) is 6.48. The van der Waals surface area contributed by atoms with Gasteiger partial charge in [-0.3, -0.25) is 0 Å². The van der Waals surface area contributed by atoms with Crippen LogP contribution in [0.1, 0.15) is 5.56 Å². The lowest BCUT2D eigenvalue weighted by Crippen LogP contribution is -2.29. The van der Waals surface area contributed by atoms with Gasteiger partial charge in [0.15, 0.2) is 11.6 Å². The first-order valence-electron chi connectivity index (χ1n) is 6.48. The number of hydrogen-bond acceptors (Lipinski definition) is 2. The third-order valence-corrected chi connectivity index (χ3v) is 3.22. The highest BCUT2D eigenvalue weighted by atomic mass is 19.1. The number of rotatable bonds is 3. The number of aromatic nitrogens is 3. The molecule has 0 aliphatic carbocycles. The van der Waals surface area contributed by atoms with Crippen molar-refractivity contribution in [2.45, 2.75) is 6.54 Å². The van der Waals surface area contributed by atoms with E-state index in [1.54, 1.807) is 30.3 Å². The van der Waals surface area contributed by atoms with Crippen LogP contribution in [-0.2, 0) is 6.54 Å². The molecule has 1 N–H and O–H groups in total. The normalized spacial score (nSPS) is 10.8. The highest BCUT2D eigenvalue weighted by Crippen LogP contribution is 2.14. The molecule has 0 bridgehead atoms. The Morgan fingerprint density at radius 3 is 2.18 bits per heavy atom. The van der Waals surface area contributed by atoms with Gasteiger partial charge in [-0.15, -0.1) is 0 Å². The zero-order valence-corrected chi connectivity index (χ0v) is 11.3. The van der Waals surface area contributed by atoms with E-state index in [-0.39, 0.29) is 6.54 Å². The van der Waals surface area contributed by atoms with Gasteiger partial charge in [0.05, 0.1) is 6.54 Å². The van der Waals surface area contributed by atoms with Gasteiger partial charge in [0.2, 0.25) is 0 Å². The Morgan fingerprint density at radius 1 is 0.909 bits per heavy atom. The Bertz CT molecular complexity index is 906. The van der Waals surface area contributed by atoms with Gasteiger partial charge in [-0.2, -0.15) is 4.68 Å². The molecule has 0 aliphatic rings. The van der Waals surface area contributed by atoms with Crippen molar-refractivity contribution in [3.63, 3.8) is 0 Å². The van der Waals surface area contributed by atoms with E-state index in [4.69, 9.17) is 0 Å². The predicted octanol–water partition coefficient (Wildman–Crippen LogP) is 1.65. The van der Waals surface area contributed by atoms with Crippen LogP contribution in [0.5, 0.6) is 0 Å². The minimum absolute atomic E-state index is 0.0120. The van der Waals surface area contributed by atoms with Crippen LogP contribution in [-0.4, -0.2) is 14.3 Å².